The Hall–Kier alpha value is -1.32. The van der Waals surface area contributed by atoms with Crippen LogP contribution >= 0.6 is 11.6 Å². The summed E-state index contributed by atoms with van der Waals surface area (Å²) in [6.07, 6.45) is 1.84. The quantitative estimate of drug-likeness (QED) is 0.907. The molecule has 1 aromatic carbocycles. The minimum absolute atomic E-state index is 0.742. The van der Waals surface area contributed by atoms with Crippen molar-refractivity contribution < 1.29 is 0 Å². The Morgan fingerprint density at radius 2 is 2.12 bits per heavy atom. The zero-order valence-electron chi connectivity index (χ0n) is 10.3. The molecule has 0 atom stereocenters. The SMILES string of the molecule is CNCc1c(Cl)cccc1-n1cnc(C)c1C. The lowest BCUT2D eigenvalue weighted by Crippen LogP contribution is -2.10. The molecule has 2 aromatic rings. The summed E-state index contributed by atoms with van der Waals surface area (Å²) in [5.74, 6) is 0. The maximum absolute atomic E-state index is 6.24. The average Bonchev–Trinajstić information content (AvgIpc) is 2.63. The van der Waals surface area contributed by atoms with E-state index in [0.29, 0.717) is 0 Å². The first-order valence-electron chi connectivity index (χ1n) is 5.58. The zero-order valence-corrected chi connectivity index (χ0v) is 11.0. The maximum atomic E-state index is 6.24. The summed E-state index contributed by atoms with van der Waals surface area (Å²) >= 11 is 6.24. The van der Waals surface area contributed by atoms with Gasteiger partial charge in [0.15, 0.2) is 0 Å². The fraction of sp³-hybridized carbons (Fsp3) is 0.308. The number of nitrogens with zero attached hydrogens (tertiary/aromatic N) is 2. The van der Waals surface area contributed by atoms with Gasteiger partial charge in [-0.1, -0.05) is 17.7 Å². The molecule has 0 aliphatic heterocycles. The molecule has 1 aromatic heterocycles. The van der Waals surface area contributed by atoms with E-state index in [2.05, 4.69) is 27.9 Å². The van der Waals surface area contributed by atoms with Gasteiger partial charge in [-0.25, -0.2) is 4.98 Å². The van der Waals surface area contributed by atoms with E-state index >= 15 is 0 Å². The van der Waals surface area contributed by atoms with Gasteiger partial charge in [0.1, 0.15) is 0 Å². The summed E-state index contributed by atoms with van der Waals surface area (Å²) in [5.41, 5.74) is 4.37. The van der Waals surface area contributed by atoms with Gasteiger partial charge in [-0.15, -0.1) is 0 Å². The number of hydrogen-bond acceptors (Lipinski definition) is 2. The highest BCUT2D eigenvalue weighted by Gasteiger charge is 2.11. The summed E-state index contributed by atoms with van der Waals surface area (Å²) < 4.78 is 2.08. The Morgan fingerprint density at radius 1 is 1.35 bits per heavy atom. The highest BCUT2D eigenvalue weighted by atomic mass is 35.5. The average molecular weight is 250 g/mol. The van der Waals surface area contributed by atoms with Crippen LogP contribution in [0.4, 0.5) is 0 Å². The number of benzene rings is 1. The largest absolute Gasteiger partial charge is 0.316 e. The summed E-state index contributed by atoms with van der Waals surface area (Å²) in [6, 6.07) is 5.94. The van der Waals surface area contributed by atoms with Crippen LogP contribution in [0.25, 0.3) is 5.69 Å². The number of imidazole rings is 1. The van der Waals surface area contributed by atoms with Crippen LogP contribution < -0.4 is 5.32 Å². The molecule has 0 aliphatic carbocycles. The Labute approximate surface area is 106 Å². The van der Waals surface area contributed by atoms with Crippen molar-refractivity contribution in [3.63, 3.8) is 0 Å². The van der Waals surface area contributed by atoms with E-state index in [1.807, 2.05) is 32.4 Å². The molecule has 90 valence electrons. The second kappa shape index (κ2) is 4.90. The molecular formula is C13H16ClN3. The molecule has 17 heavy (non-hydrogen) atoms. The topological polar surface area (TPSA) is 29.9 Å². The van der Waals surface area contributed by atoms with E-state index in [0.717, 1.165) is 34.2 Å². The van der Waals surface area contributed by atoms with Crippen LogP contribution in [0.15, 0.2) is 24.5 Å². The number of aryl methyl sites for hydroxylation is 1. The molecule has 0 saturated heterocycles. The van der Waals surface area contributed by atoms with Gasteiger partial charge < -0.3 is 9.88 Å². The molecule has 0 bridgehead atoms. The normalized spacial score (nSPS) is 10.8. The molecule has 1 N–H and O–H groups in total. The van der Waals surface area contributed by atoms with E-state index in [4.69, 9.17) is 11.6 Å². The van der Waals surface area contributed by atoms with Gasteiger partial charge >= 0.3 is 0 Å². The van der Waals surface area contributed by atoms with E-state index in [1.54, 1.807) is 0 Å². The van der Waals surface area contributed by atoms with Gasteiger partial charge in [-0.2, -0.15) is 0 Å². The number of aromatic nitrogens is 2. The summed E-state index contributed by atoms with van der Waals surface area (Å²) in [7, 11) is 1.92. The Bertz CT molecular complexity index is 531. The third kappa shape index (κ3) is 2.21. The standard InChI is InChI=1S/C13H16ClN3/c1-9-10(2)17(8-16-9)13-6-4-5-12(14)11(13)7-15-3/h4-6,8,15H,7H2,1-3H3. The molecule has 1 heterocycles. The van der Waals surface area contributed by atoms with E-state index in [-0.39, 0.29) is 0 Å². The molecule has 0 amide bonds. The van der Waals surface area contributed by atoms with Crippen molar-refractivity contribution in [2.24, 2.45) is 0 Å². The fourth-order valence-electron chi connectivity index (χ4n) is 1.87. The minimum Gasteiger partial charge on any atom is -0.316 e. The predicted molar refractivity (Wildman–Crippen MR) is 70.8 cm³/mol. The van der Waals surface area contributed by atoms with Crippen LogP contribution in [0.2, 0.25) is 5.02 Å². The molecule has 0 aliphatic rings. The van der Waals surface area contributed by atoms with Gasteiger partial charge in [0.2, 0.25) is 0 Å². The number of hydrogen-bond donors (Lipinski definition) is 1. The first-order chi connectivity index (χ1) is 8.15. The highest BCUT2D eigenvalue weighted by molar-refractivity contribution is 6.31. The zero-order chi connectivity index (χ0) is 12.4. The lowest BCUT2D eigenvalue weighted by atomic mass is 10.1. The number of rotatable bonds is 3. The van der Waals surface area contributed by atoms with Crippen LogP contribution in [0, 0.1) is 13.8 Å². The lowest BCUT2D eigenvalue weighted by Gasteiger charge is -2.13. The van der Waals surface area contributed by atoms with Gasteiger partial charge in [0, 0.05) is 22.8 Å². The van der Waals surface area contributed by atoms with E-state index in [9.17, 15) is 0 Å². The van der Waals surface area contributed by atoms with Crippen molar-refractivity contribution in [2.75, 3.05) is 7.05 Å². The van der Waals surface area contributed by atoms with Gasteiger partial charge in [0.05, 0.1) is 17.7 Å². The first kappa shape index (κ1) is 12.1. The van der Waals surface area contributed by atoms with Crippen molar-refractivity contribution in [3.05, 3.63) is 46.5 Å². The monoisotopic (exact) mass is 249 g/mol. The molecule has 0 spiro atoms. The highest BCUT2D eigenvalue weighted by Crippen LogP contribution is 2.24. The van der Waals surface area contributed by atoms with Crippen molar-refractivity contribution in [1.29, 1.82) is 0 Å². The van der Waals surface area contributed by atoms with Crippen LogP contribution in [0.5, 0.6) is 0 Å². The third-order valence-corrected chi connectivity index (χ3v) is 3.31. The van der Waals surface area contributed by atoms with Crippen molar-refractivity contribution >= 4 is 11.6 Å². The van der Waals surface area contributed by atoms with Crippen LogP contribution in [0.1, 0.15) is 17.0 Å². The van der Waals surface area contributed by atoms with E-state index in [1.165, 1.54) is 0 Å². The maximum Gasteiger partial charge on any atom is 0.0997 e. The summed E-state index contributed by atoms with van der Waals surface area (Å²) in [6.45, 7) is 4.81. The van der Waals surface area contributed by atoms with Gasteiger partial charge in [-0.3, -0.25) is 0 Å². The molecule has 0 saturated carbocycles. The summed E-state index contributed by atoms with van der Waals surface area (Å²) in [5, 5.41) is 3.92. The van der Waals surface area contributed by atoms with E-state index < -0.39 is 0 Å². The Kier molecular flexibility index (Phi) is 3.50. The van der Waals surface area contributed by atoms with Crippen molar-refractivity contribution in [2.45, 2.75) is 20.4 Å². The third-order valence-electron chi connectivity index (χ3n) is 2.96. The molecular weight excluding hydrogens is 234 g/mol. The fourth-order valence-corrected chi connectivity index (χ4v) is 2.10. The molecule has 4 heteroatoms. The Balaban J connectivity index is 2.59. The molecule has 0 fully saturated rings. The van der Waals surface area contributed by atoms with Gasteiger partial charge in [0.25, 0.3) is 0 Å². The number of halogens is 1. The number of nitrogens with one attached hydrogen (secondary N) is 1. The van der Waals surface area contributed by atoms with Crippen molar-refractivity contribution in [3.8, 4) is 5.69 Å². The van der Waals surface area contributed by atoms with Crippen LogP contribution in [0.3, 0.4) is 0 Å². The predicted octanol–water partition coefficient (Wildman–Crippen LogP) is 2.86. The van der Waals surface area contributed by atoms with Crippen LogP contribution in [-0.2, 0) is 6.54 Å². The molecule has 0 radical (unpaired) electrons. The second-order valence-electron chi connectivity index (χ2n) is 4.05. The minimum atomic E-state index is 0.742. The molecule has 2 rings (SSSR count). The van der Waals surface area contributed by atoms with Gasteiger partial charge in [-0.05, 0) is 33.0 Å². The Morgan fingerprint density at radius 3 is 2.71 bits per heavy atom. The second-order valence-corrected chi connectivity index (χ2v) is 4.46. The van der Waals surface area contributed by atoms with Crippen molar-refractivity contribution in [1.82, 2.24) is 14.9 Å². The molecule has 0 unspecified atom stereocenters. The summed E-state index contributed by atoms with van der Waals surface area (Å²) in [4.78, 5) is 4.32. The first-order valence-corrected chi connectivity index (χ1v) is 5.96. The smallest absolute Gasteiger partial charge is 0.0997 e. The van der Waals surface area contributed by atoms with Crippen LogP contribution in [-0.4, -0.2) is 16.6 Å². The molecule has 3 nitrogen and oxygen atoms in total. The lowest BCUT2D eigenvalue weighted by molar-refractivity contribution is 0.805.